The van der Waals surface area contributed by atoms with Crippen LogP contribution in [0.15, 0.2) is 23.1 Å². The molecule has 0 fully saturated rings. The Labute approximate surface area is 102 Å². The quantitative estimate of drug-likeness (QED) is 0.775. The van der Waals surface area contributed by atoms with Gasteiger partial charge in [0.05, 0.1) is 16.5 Å². The van der Waals surface area contributed by atoms with Crippen molar-refractivity contribution in [3.05, 3.63) is 24.0 Å². The smallest absolute Gasteiger partial charge is 0.220 e. The molecule has 1 atom stereocenters. The van der Waals surface area contributed by atoms with Gasteiger partial charge in [-0.15, -0.1) is 0 Å². The highest BCUT2D eigenvalue weighted by Gasteiger charge is 2.09. The van der Waals surface area contributed by atoms with E-state index >= 15 is 0 Å². The standard InChI is InChI=1S/C11H15FN2O2S/c1-2-14-11(15)5-6-17(16)8-3-4-10(13)9(12)7-8/h3-4,7H,2,5-6,13H2,1H3,(H,14,15). The molecule has 0 spiro atoms. The molecular formula is C11H15FN2O2S. The summed E-state index contributed by atoms with van der Waals surface area (Å²) in [6.45, 7) is 2.35. The van der Waals surface area contributed by atoms with E-state index in [9.17, 15) is 13.4 Å². The fourth-order valence-corrected chi connectivity index (χ4v) is 2.30. The number of nitrogens with two attached hydrogens (primary N) is 1. The normalized spacial score (nSPS) is 12.1. The van der Waals surface area contributed by atoms with Crippen LogP contribution in [0.2, 0.25) is 0 Å². The number of hydrogen-bond acceptors (Lipinski definition) is 3. The van der Waals surface area contributed by atoms with E-state index < -0.39 is 16.6 Å². The Morgan fingerprint density at radius 3 is 2.82 bits per heavy atom. The lowest BCUT2D eigenvalue weighted by molar-refractivity contribution is -0.120. The number of benzene rings is 1. The van der Waals surface area contributed by atoms with Crippen LogP contribution in [0.1, 0.15) is 13.3 Å². The highest BCUT2D eigenvalue weighted by atomic mass is 32.2. The molecule has 0 heterocycles. The monoisotopic (exact) mass is 258 g/mol. The minimum absolute atomic E-state index is 0.0227. The van der Waals surface area contributed by atoms with Crippen molar-refractivity contribution in [3.8, 4) is 0 Å². The van der Waals surface area contributed by atoms with Crippen LogP contribution in [0.25, 0.3) is 0 Å². The minimum atomic E-state index is -1.38. The van der Waals surface area contributed by atoms with Crippen molar-refractivity contribution in [1.82, 2.24) is 5.32 Å². The summed E-state index contributed by atoms with van der Waals surface area (Å²) < 4.78 is 24.9. The SMILES string of the molecule is CCNC(=O)CCS(=O)c1ccc(N)c(F)c1. The molecule has 1 aromatic rings. The van der Waals surface area contributed by atoms with E-state index in [2.05, 4.69) is 5.32 Å². The van der Waals surface area contributed by atoms with E-state index in [1.807, 2.05) is 6.92 Å². The zero-order valence-electron chi connectivity index (χ0n) is 9.53. The lowest BCUT2D eigenvalue weighted by Gasteiger charge is -2.04. The second-order valence-corrected chi connectivity index (χ2v) is 5.01. The van der Waals surface area contributed by atoms with Gasteiger partial charge in [-0.1, -0.05) is 0 Å². The van der Waals surface area contributed by atoms with Crippen LogP contribution in [0.4, 0.5) is 10.1 Å². The molecule has 3 N–H and O–H groups in total. The van der Waals surface area contributed by atoms with Gasteiger partial charge in [-0.25, -0.2) is 4.39 Å². The maximum atomic E-state index is 13.1. The molecule has 1 rings (SSSR count). The van der Waals surface area contributed by atoms with E-state index in [0.29, 0.717) is 11.4 Å². The van der Waals surface area contributed by atoms with Crippen molar-refractivity contribution < 1.29 is 13.4 Å². The first kappa shape index (κ1) is 13.6. The lowest BCUT2D eigenvalue weighted by Crippen LogP contribution is -2.24. The summed E-state index contributed by atoms with van der Waals surface area (Å²) in [4.78, 5) is 11.5. The van der Waals surface area contributed by atoms with Crippen LogP contribution in [-0.2, 0) is 15.6 Å². The Hall–Kier alpha value is -1.43. The minimum Gasteiger partial charge on any atom is -0.396 e. The number of nitrogens with one attached hydrogen (secondary N) is 1. The van der Waals surface area contributed by atoms with E-state index in [4.69, 9.17) is 5.73 Å². The fraction of sp³-hybridized carbons (Fsp3) is 0.364. The molecule has 0 bridgehead atoms. The van der Waals surface area contributed by atoms with Gasteiger partial charge in [-0.2, -0.15) is 0 Å². The molecule has 1 unspecified atom stereocenters. The van der Waals surface area contributed by atoms with Gasteiger partial charge in [0.15, 0.2) is 0 Å². The van der Waals surface area contributed by atoms with Gasteiger partial charge >= 0.3 is 0 Å². The largest absolute Gasteiger partial charge is 0.396 e. The van der Waals surface area contributed by atoms with Crippen LogP contribution in [-0.4, -0.2) is 22.4 Å². The van der Waals surface area contributed by atoms with E-state index in [1.165, 1.54) is 12.1 Å². The van der Waals surface area contributed by atoms with E-state index in [1.54, 1.807) is 0 Å². The average Bonchev–Trinajstić information content (AvgIpc) is 2.30. The maximum absolute atomic E-state index is 13.1. The molecule has 4 nitrogen and oxygen atoms in total. The van der Waals surface area contributed by atoms with Crippen molar-refractivity contribution in [2.45, 2.75) is 18.2 Å². The molecule has 0 aliphatic rings. The number of halogens is 1. The molecular weight excluding hydrogens is 243 g/mol. The average molecular weight is 258 g/mol. The number of amides is 1. The number of nitrogen functional groups attached to an aromatic ring is 1. The third-order valence-corrected chi connectivity index (χ3v) is 3.48. The van der Waals surface area contributed by atoms with Gasteiger partial charge in [-0.3, -0.25) is 9.00 Å². The molecule has 6 heteroatoms. The van der Waals surface area contributed by atoms with Crippen molar-refractivity contribution in [2.24, 2.45) is 0 Å². The molecule has 0 aromatic heterocycles. The number of hydrogen-bond donors (Lipinski definition) is 2. The molecule has 0 saturated heterocycles. The van der Waals surface area contributed by atoms with E-state index in [0.717, 1.165) is 6.07 Å². The number of carbonyl (C=O) groups is 1. The zero-order chi connectivity index (χ0) is 12.8. The van der Waals surface area contributed by atoms with Crippen LogP contribution >= 0.6 is 0 Å². The van der Waals surface area contributed by atoms with Crippen LogP contribution < -0.4 is 11.1 Å². The van der Waals surface area contributed by atoms with Gasteiger partial charge < -0.3 is 11.1 Å². The first-order chi connectivity index (χ1) is 8.04. The maximum Gasteiger partial charge on any atom is 0.220 e. The Kier molecular flexibility index (Phi) is 5.09. The third-order valence-electron chi connectivity index (χ3n) is 2.12. The van der Waals surface area contributed by atoms with Crippen molar-refractivity contribution in [2.75, 3.05) is 18.0 Å². The van der Waals surface area contributed by atoms with Gasteiger partial charge in [0, 0.05) is 23.6 Å². The first-order valence-corrected chi connectivity index (χ1v) is 6.56. The number of anilines is 1. The van der Waals surface area contributed by atoms with Crippen LogP contribution in [0.3, 0.4) is 0 Å². The molecule has 1 amide bonds. The summed E-state index contributed by atoms with van der Waals surface area (Å²) in [5.74, 6) is -0.569. The summed E-state index contributed by atoms with van der Waals surface area (Å²) in [7, 11) is -1.38. The Morgan fingerprint density at radius 1 is 1.53 bits per heavy atom. The highest BCUT2D eigenvalue weighted by molar-refractivity contribution is 7.85. The number of rotatable bonds is 5. The predicted octanol–water partition coefficient (Wildman–Crippen LogP) is 1.04. The Morgan fingerprint density at radius 2 is 2.24 bits per heavy atom. The van der Waals surface area contributed by atoms with Gasteiger partial charge in [-0.05, 0) is 25.1 Å². The Balaban J connectivity index is 2.58. The molecule has 17 heavy (non-hydrogen) atoms. The van der Waals surface area contributed by atoms with Crippen LogP contribution in [0.5, 0.6) is 0 Å². The molecule has 0 saturated carbocycles. The Bertz CT molecular complexity index is 437. The van der Waals surface area contributed by atoms with Crippen LogP contribution in [0, 0.1) is 5.82 Å². The molecule has 0 aliphatic carbocycles. The summed E-state index contributed by atoms with van der Waals surface area (Å²) in [5, 5.41) is 2.61. The lowest BCUT2D eigenvalue weighted by atomic mass is 10.3. The molecule has 0 radical (unpaired) electrons. The highest BCUT2D eigenvalue weighted by Crippen LogP contribution is 2.15. The second-order valence-electron chi connectivity index (χ2n) is 3.44. The molecule has 0 aliphatic heterocycles. The van der Waals surface area contributed by atoms with Gasteiger partial charge in [0.25, 0.3) is 0 Å². The third kappa shape index (κ3) is 4.14. The molecule has 94 valence electrons. The van der Waals surface area contributed by atoms with Gasteiger partial charge in [0.1, 0.15) is 5.82 Å². The predicted molar refractivity (Wildman–Crippen MR) is 65.4 cm³/mol. The summed E-state index contributed by atoms with van der Waals surface area (Å²) in [6.07, 6.45) is 0.159. The summed E-state index contributed by atoms with van der Waals surface area (Å²) in [6, 6.07) is 4.02. The zero-order valence-corrected chi connectivity index (χ0v) is 10.3. The second kappa shape index (κ2) is 6.34. The van der Waals surface area contributed by atoms with E-state index in [-0.39, 0.29) is 23.8 Å². The van der Waals surface area contributed by atoms with Crippen molar-refractivity contribution in [1.29, 1.82) is 0 Å². The molecule has 1 aromatic carbocycles. The summed E-state index contributed by atoms with van der Waals surface area (Å²) in [5.41, 5.74) is 5.34. The van der Waals surface area contributed by atoms with Gasteiger partial charge in [0.2, 0.25) is 5.91 Å². The topological polar surface area (TPSA) is 72.2 Å². The van der Waals surface area contributed by atoms with Crippen molar-refractivity contribution in [3.63, 3.8) is 0 Å². The van der Waals surface area contributed by atoms with Crippen molar-refractivity contribution >= 4 is 22.4 Å². The number of carbonyl (C=O) groups excluding carboxylic acids is 1. The fourth-order valence-electron chi connectivity index (χ4n) is 1.24. The first-order valence-electron chi connectivity index (χ1n) is 5.24. The summed E-state index contributed by atoms with van der Waals surface area (Å²) >= 11 is 0.